The molecule has 0 bridgehead atoms. The highest BCUT2D eigenvalue weighted by Crippen LogP contribution is 2.58. The molecular formula is C24H20F6N6OS. The summed E-state index contributed by atoms with van der Waals surface area (Å²) in [6, 6.07) is 2.31. The van der Waals surface area contributed by atoms with Gasteiger partial charge in [0.2, 0.25) is 5.82 Å². The number of amides is 1. The molecule has 1 aromatic carbocycles. The van der Waals surface area contributed by atoms with Crippen LogP contribution in [0.3, 0.4) is 0 Å². The number of fused-ring (bicyclic) bond motifs is 1. The van der Waals surface area contributed by atoms with Crippen LogP contribution in [0.2, 0.25) is 0 Å². The first-order valence-electron chi connectivity index (χ1n) is 11.5. The van der Waals surface area contributed by atoms with E-state index < -0.39 is 35.5 Å². The minimum Gasteiger partial charge on any atom is -0.345 e. The molecule has 0 radical (unpaired) electrons. The number of carbonyl (C=O) groups excluding carboxylic acids is 1. The van der Waals surface area contributed by atoms with Gasteiger partial charge in [-0.15, -0.1) is 11.3 Å². The van der Waals surface area contributed by atoms with Crippen molar-refractivity contribution in [3.05, 3.63) is 58.7 Å². The van der Waals surface area contributed by atoms with E-state index in [-0.39, 0.29) is 30.5 Å². The lowest BCUT2D eigenvalue weighted by Crippen LogP contribution is -2.29. The van der Waals surface area contributed by atoms with E-state index in [4.69, 9.17) is 0 Å². The molecule has 38 heavy (non-hydrogen) atoms. The highest BCUT2D eigenvalue weighted by atomic mass is 32.1. The van der Waals surface area contributed by atoms with Crippen molar-refractivity contribution in [2.45, 2.75) is 51.6 Å². The van der Waals surface area contributed by atoms with Gasteiger partial charge in [0.15, 0.2) is 0 Å². The second kappa shape index (κ2) is 9.03. The normalized spacial score (nSPS) is 16.0. The Bertz CT molecular complexity index is 1500. The summed E-state index contributed by atoms with van der Waals surface area (Å²) >= 11 is 1.36. The Labute approximate surface area is 215 Å². The number of hydrogen-bond donors (Lipinski definition) is 1. The molecule has 3 aromatic heterocycles. The van der Waals surface area contributed by atoms with E-state index in [1.54, 1.807) is 19.2 Å². The number of hydrogen-bond acceptors (Lipinski definition) is 6. The van der Waals surface area contributed by atoms with E-state index >= 15 is 0 Å². The number of aromatic nitrogens is 5. The lowest BCUT2D eigenvalue weighted by molar-refractivity contribution is -0.191. The van der Waals surface area contributed by atoms with E-state index in [0.29, 0.717) is 21.5 Å². The average Bonchev–Trinajstić information content (AvgIpc) is 3.33. The van der Waals surface area contributed by atoms with Gasteiger partial charge in [0.25, 0.3) is 5.91 Å². The molecule has 14 heteroatoms. The predicted molar refractivity (Wildman–Crippen MR) is 126 cm³/mol. The third-order valence-electron chi connectivity index (χ3n) is 6.48. The van der Waals surface area contributed by atoms with Crippen LogP contribution in [0.5, 0.6) is 0 Å². The van der Waals surface area contributed by atoms with E-state index in [2.05, 4.69) is 25.4 Å². The van der Waals surface area contributed by atoms with Crippen LogP contribution in [0, 0.1) is 12.3 Å². The third kappa shape index (κ3) is 4.96. The van der Waals surface area contributed by atoms with E-state index in [1.807, 2.05) is 6.92 Å². The minimum atomic E-state index is -4.69. The van der Waals surface area contributed by atoms with Gasteiger partial charge >= 0.3 is 12.4 Å². The second-order valence-electron chi connectivity index (χ2n) is 9.37. The number of thiazole rings is 1. The van der Waals surface area contributed by atoms with Gasteiger partial charge in [-0.3, -0.25) is 9.48 Å². The Kier molecular flexibility index (Phi) is 6.20. The molecular weight excluding hydrogens is 534 g/mol. The first-order valence-corrected chi connectivity index (χ1v) is 12.3. The number of aryl methyl sites for hydroxylation is 1. The van der Waals surface area contributed by atoms with Crippen molar-refractivity contribution >= 4 is 28.1 Å². The highest BCUT2D eigenvalue weighted by molar-refractivity contribution is 7.15. The summed E-state index contributed by atoms with van der Waals surface area (Å²) in [6.45, 7) is 3.09. The van der Waals surface area contributed by atoms with Crippen LogP contribution >= 0.6 is 11.3 Å². The lowest BCUT2D eigenvalue weighted by atomic mass is 10.0. The molecule has 1 aliphatic carbocycles. The molecule has 0 spiro atoms. The van der Waals surface area contributed by atoms with Gasteiger partial charge in [-0.05, 0) is 38.8 Å². The molecule has 200 valence electrons. The maximum atomic E-state index is 13.5. The van der Waals surface area contributed by atoms with Crippen LogP contribution < -0.4 is 5.32 Å². The minimum absolute atomic E-state index is 0.0322. The van der Waals surface area contributed by atoms with Crippen LogP contribution in [0.1, 0.15) is 52.4 Å². The predicted octanol–water partition coefficient (Wildman–Crippen LogP) is 6.11. The number of carbonyl (C=O) groups is 1. The highest BCUT2D eigenvalue weighted by Gasteiger charge is 2.63. The monoisotopic (exact) mass is 554 g/mol. The molecule has 1 atom stereocenters. The number of halogens is 6. The molecule has 0 aliphatic heterocycles. The fraction of sp³-hybridized carbons (Fsp3) is 0.375. The van der Waals surface area contributed by atoms with Crippen molar-refractivity contribution in [2.24, 2.45) is 5.41 Å². The molecule has 0 unspecified atom stereocenters. The smallest absolute Gasteiger partial charge is 0.345 e. The Hall–Kier alpha value is -3.55. The number of nitrogens with one attached hydrogen (secondary N) is 1. The standard InChI is InChI=1S/C24H20F6N6OS/c1-12-7-31-20(38-12)16-5-14(19(37)34-13(2)15-8-32-21(33-9-15)23(25,26)27)6-18-17(16)10-36(35-18)11-22(3-4-22)24(28,29)30/h5-10,13H,3-4,11H2,1-2H3,(H,34,37)/t13-/m1/s1. The van der Waals surface area contributed by atoms with Gasteiger partial charge in [0, 0.05) is 51.7 Å². The Morgan fingerprint density at radius 3 is 2.34 bits per heavy atom. The van der Waals surface area contributed by atoms with Crippen molar-refractivity contribution in [2.75, 3.05) is 0 Å². The summed E-state index contributed by atoms with van der Waals surface area (Å²) in [4.78, 5) is 25.0. The molecule has 3 heterocycles. The van der Waals surface area contributed by atoms with Crippen LogP contribution in [-0.4, -0.2) is 36.8 Å². The van der Waals surface area contributed by atoms with Gasteiger partial charge < -0.3 is 5.32 Å². The van der Waals surface area contributed by atoms with Gasteiger partial charge in [0.05, 0.1) is 23.5 Å². The molecule has 1 saturated carbocycles. The maximum Gasteiger partial charge on any atom is 0.451 e. The average molecular weight is 555 g/mol. The van der Waals surface area contributed by atoms with Gasteiger partial charge in [0.1, 0.15) is 5.01 Å². The summed E-state index contributed by atoms with van der Waals surface area (Å²) in [5.74, 6) is -1.85. The Morgan fingerprint density at radius 1 is 1.11 bits per heavy atom. The van der Waals surface area contributed by atoms with Crippen LogP contribution in [0.15, 0.2) is 36.9 Å². The summed E-state index contributed by atoms with van der Waals surface area (Å²) in [5.41, 5.74) is -0.508. The van der Waals surface area contributed by atoms with Gasteiger partial charge in [-0.1, -0.05) is 0 Å². The number of rotatable bonds is 6. The summed E-state index contributed by atoms with van der Waals surface area (Å²) in [6.07, 6.45) is -3.80. The van der Waals surface area contributed by atoms with Crippen molar-refractivity contribution in [3.8, 4) is 10.6 Å². The summed E-state index contributed by atoms with van der Waals surface area (Å²) in [7, 11) is 0. The number of benzene rings is 1. The number of alkyl halides is 6. The largest absolute Gasteiger partial charge is 0.451 e. The fourth-order valence-corrected chi connectivity index (χ4v) is 4.90. The van der Waals surface area contributed by atoms with Crippen LogP contribution in [0.4, 0.5) is 26.3 Å². The van der Waals surface area contributed by atoms with Crippen molar-refractivity contribution < 1.29 is 31.1 Å². The quantitative estimate of drug-likeness (QED) is 0.291. The van der Waals surface area contributed by atoms with Crippen molar-refractivity contribution in [1.29, 1.82) is 0 Å². The number of nitrogens with zero attached hydrogens (tertiary/aromatic N) is 5. The zero-order valence-corrected chi connectivity index (χ0v) is 20.8. The Balaban J connectivity index is 1.46. The fourth-order valence-electron chi connectivity index (χ4n) is 4.10. The third-order valence-corrected chi connectivity index (χ3v) is 7.42. The summed E-state index contributed by atoms with van der Waals surface area (Å²) in [5, 5.41) is 8.16. The molecule has 7 nitrogen and oxygen atoms in total. The molecule has 4 aromatic rings. The molecule has 1 N–H and O–H groups in total. The van der Waals surface area contributed by atoms with Crippen molar-refractivity contribution in [3.63, 3.8) is 0 Å². The zero-order chi connectivity index (χ0) is 27.5. The maximum absolute atomic E-state index is 13.5. The molecule has 1 aliphatic rings. The van der Waals surface area contributed by atoms with Crippen molar-refractivity contribution in [1.82, 2.24) is 30.0 Å². The van der Waals surface area contributed by atoms with E-state index in [0.717, 1.165) is 17.3 Å². The first kappa shape index (κ1) is 26.1. The van der Waals surface area contributed by atoms with Gasteiger partial charge in [-0.2, -0.15) is 31.4 Å². The van der Waals surface area contributed by atoms with Crippen LogP contribution in [-0.2, 0) is 12.7 Å². The van der Waals surface area contributed by atoms with E-state index in [9.17, 15) is 31.1 Å². The van der Waals surface area contributed by atoms with Gasteiger partial charge in [-0.25, -0.2) is 15.0 Å². The summed E-state index contributed by atoms with van der Waals surface area (Å²) < 4.78 is 80.1. The second-order valence-corrected chi connectivity index (χ2v) is 10.6. The van der Waals surface area contributed by atoms with Crippen LogP contribution in [0.25, 0.3) is 21.5 Å². The SMILES string of the molecule is Cc1cnc(-c2cc(C(=O)N[C@H](C)c3cnc(C(F)(F)F)nc3)cc3nn(CC4(C(F)(F)F)CC4)cc23)s1. The van der Waals surface area contributed by atoms with E-state index in [1.165, 1.54) is 28.3 Å². The zero-order valence-electron chi connectivity index (χ0n) is 20.0. The topological polar surface area (TPSA) is 85.6 Å². The molecule has 1 amide bonds. The lowest BCUT2D eigenvalue weighted by Gasteiger charge is -2.18. The Morgan fingerprint density at radius 2 is 1.79 bits per heavy atom. The molecule has 1 fully saturated rings. The molecule has 0 saturated heterocycles. The first-order chi connectivity index (χ1) is 17.8. The molecule has 5 rings (SSSR count).